The van der Waals surface area contributed by atoms with Gasteiger partial charge in [-0.15, -0.1) is 11.6 Å². The molecule has 42 heavy (non-hydrogen) atoms. The Balaban J connectivity index is 1.54. The van der Waals surface area contributed by atoms with Crippen LogP contribution in [-0.4, -0.2) is 29.6 Å². The number of alkyl halides is 1. The molecule has 3 aromatic rings. The van der Waals surface area contributed by atoms with Crippen molar-refractivity contribution in [3.63, 3.8) is 0 Å². The van der Waals surface area contributed by atoms with Crippen LogP contribution < -0.4 is 15.4 Å². The van der Waals surface area contributed by atoms with Crippen LogP contribution in [0.25, 0.3) is 0 Å². The Kier molecular flexibility index (Phi) is 11.3. The Morgan fingerprint density at radius 2 is 1.45 bits per heavy atom. The largest absolute Gasteiger partial charge is 0.493 e. The fraction of sp³-hybridized carbons (Fsp3) is 0.400. The lowest BCUT2D eigenvalue weighted by Crippen LogP contribution is -2.30. The van der Waals surface area contributed by atoms with Gasteiger partial charge >= 0.3 is 0 Å². The highest BCUT2D eigenvalue weighted by Crippen LogP contribution is 2.38. The lowest BCUT2D eigenvalue weighted by atomic mass is 9.76. The number of hydrogen-bond acceptors (Lipinski definition) is 4. The molecule has 0 saturated heterocycles. The Bertz CT molecular complexity index is 1380. The van der Waals surface area contributed by atoms with Crippen LogP contribution in [0.4, 0.5) is 11.4 Å². The molecule has 6 nitrogen and oxygen atoms in total. The highest BCUT2D eigenvalue weighted by atomic mass is 35.5. The highest BCUT2D eigenvalue weighted by molar-refractivity contribution is 6.45. The zero-order chi connectivity index (χ0) is 30.9. The minimum atomic E-state index is -1.37. The molecule has 0 heterocycles. The van der Waals surface area contributed by atoms with E-state index < -0.39 is 17.1 Å². The van der Waals surface area contributed by atoms with Crippen molar-refractivity contribution in [1.82, 2.24) is 0 Å². The quantitative estimate of drug-likeness (QED) is 0.0856. The van der Waals surface area contributed by atoms with Crippen LogP contribution >= 0.6 is 11.6 Å². The zero-order valence-corrected chi connectivity index (χ0v) is 26.3. The van der Waals surface area contributed by atoms with Gasteiger partial charge in [-0.25, -0.2) is 0 Å². The molecule has 0 aromatic heterocycles. The molecule has 0 bridgehead atoms. The van der Waals surface area contributed by atoms with Crippen molar-refractivity contribution in [2.75, 3.05) is 17.2 Å². The maximum absolute atomic E-state index is 12.7. The van der Waals surface area contributed by atoms with E-state index in [2.05, 4.69) is 70.4 Å². The van der Waals surface area contributed by atoms with Gasteiger partial charge in [0.05, 0.1) is 6.61 Å². The molecule has 0 aliphatic heterocycles. The Labute approximate surface area is 255 Å². The predicted octanol–water partition coefficient (Wildman–Crippen LogP) is 8.29. The van der Waals surface area contributed by atoms with Gasteiger partial charge in [0.15, 0.2) is 11.2 Å². The minimum Gasteiger partial charge on any atom is -0.493 e. The fourth-order valence-electron chi connectivity index (χ4n) is 4.39. The molecule has 0 fully saturated rings. The number of nitrogens with one attached hydrogen (secondary N) is 2. The van der Waals surface area contributed by atoms with E-state index in [1.54, 1.807) is 54.6 Å². The summed E-state index contributed by atoms with van der Waals surface area (Å²) in [7, 11) is 0. The number of halogens is 1. The number of ether oxygens (including phenoxy) is 1. The number of carbonyl (C=O) groups is 3. The van der Waals surface area contributed by atoms with Gasteiger partial charge in [0.25, 0.3) is 0 Å². The molecule has 2 N–H and O–H groups in total. The first kappa shape index (κ1) is 32.9. The van der Waals surface area contributed by atoms with Gasteiger partial charge in [-0.1, -0.05) is 90.1 Å². The molecule has 1 unspecified atom stereocenters. The SMILES string of the molecule is CCC(C)(C)c1ccc(OCCCC(=O)Nc2cccc(NC(=O)C(Cl)C(=O)c3ccccc3)c2)c(C(C)(C)CC)c1. The lowest BCUT2D eigenvalue weighted by Gasteiger charge is -2.30. The van der Waals surface area contributed by atoms with Gasteiger partial charge in [-0.3, -0.25) is 14.4 Å². The molecular formula is C35H43ClN2O4. The van der Waals surface area contributed by atoms with Gasteiger partial charge in [0.2, 0.25) is 11.8 Å². The van der Waals surface area contributed by atoms with Crippen molar-refractivity contribution in [1.29, 1.82) is 0 Å². The first-order valence-corrected chi connectivity index (χ1v) is 15.0. The van der Waals surface area contributed by atoms with Crippen molar-refractivity contribution >= 4 is 40.6 Å². The van der Waals surface area contributed by atoms with Gasteiger partial charge in [0, 0.05) is 28.9 Å². The van der Waals surface area contributed by atoms with Crippen molar-refractivity contribution in [2.24, 2.45) is 0 Å². The second-order valence-electron chi connectivity index (χ2n) is 11.8. The summed E-state index contributed by atoms with van der Waals surface area (Å²) >= 11 is 6.14. The summed E-state index contributed by atoms with van der Waals surface area (Å²) in [5, 5.41) is 4.14. The molecule has 0 radical (unpaired) electrons. The van der Waals surface area contributed by atoms with E-state index in [0.29, 0.717) is 30.0 Å². The van der Waals surface area contributed by atoms with E-state index in [9.17, 15) is 14.4 Å². The summed E-state index contributed by atoms with van der Waals surface area (Å²) in [6.07, 6.45) is 2.85. The van der Waals surface area contributed by atoms with E-state index in [4.69, 9.17) is 16.3 Å². The standard InChI is InChI=1S/C35H43ClN2O4/c1-7-34(3,4)25-19-20-29(28(22-25)35(5,6)8-2)42-21-13-18-30(39)37-26-16-12-17-27(23-26)38-33(41)31(36)32(40)24-14-10-9-11-15-24/h9-12,14-17,19-20,22-23,31H,7-8,13,18,21H2,1-6H3,(H,37,39)(H,38,41). The van der Waals surface area contributed by atoms with Crippen LogP contribution in [0.1, 0.15) is 88.7 Å². The molecule has 0 aliphatic carbocycles. The summed E-state index contributed by atoms with van der Waals surface area (Å²) in [6, 6.07) is 21.7. The van der Waals surface area contributed by atoms with E-state index in [1.165, 1.54) is 11.1 Å². The summed E-state index contributed by atoms with van der Waals surface area (Å²) < 4.78 is 6.20. The second kappa shape index (κ2) is 14.5. The van der Waals surface area contributed by atoms with Gasteiger partial charge in [-0.2, -0.15) is 0 Å². The average Bonchev–Trinajstić information content (AvgIpc) is 2.99. The predicted molar refractivity (Wildman–Crippen MR) is 172 cm³/mol. The number of amides is 2. The van der Waals surface area contributed by atoms with E-state index >= 15 is 0 Å². The van der Waals surface area contributed by atoms with Crippen LogP contribution in [0.5, 0.6) is 5.75 Å². The maximum atomic E-state index is 12.7. The highest BCUT2D eigenvalue weighted by Gasteiger charge is 2.27. The third-order valence-electron chi connectivity index (χ3n) is 8.00. The molecule has 3 aromatic carbocycles. The molecule has 2 amide bonds. The normalized spacial score (nSPS) is 12.4. The lowest BCUT2D eigenvalue weighted by molar-refractivity contribution is -0.116. The Morgan fingerprint density at radius 3 is 2.10 bits per heavy atom. The summed E-state index contributed by atoms with van der Waals surface area (Å²) in [5.74, 6) is -0.411. The summed E-state index contributed by atoms with van der Waals surface area (Å²) in [6.45, 7) is 13.8. The average molecular weight is 591 g/mol. The topological polar surface area (TPSA) is 84.5 Å². The van der Waals surface area contributed by atoms with Crippen LogP contribution in [0.3, 0.4) is 0 Å². The van der Waals surface area contributed by atoms with Gasteiger partial charge in [-0.05, 0) is 59.9 Å². The molecule has 224 valence electrons. The smallest absolute Gasteiger partial charge is 0.250 e. The molecule has 7 heteroatoms. The second-order valence-corrected chi connectivity index (χ2v) is 12.3. The van der Waals surface area contributed by atoms with Crippen molar-refractivity contribution in [3.8, 4) is 5.75 Å². The third kappa shape index (κ3) is 8.68. The zero-order valence-electron chi connectivity index (χ0n) is 25.6. The van der Waals surface area contributed by atoms with Crippen LogP contribution in [0, 0.1) is 0 Å². The van der Waals surface area contributed by atoms with Crippen molar-refractivity contribution < 1.29 is 19.1 Å². The number of anilines is 2. The number of carbonyl (C=O) groups excluding carboxylic acids is 3. The minimum absolute atomic E-state index is 0.0364. The first-order valence-electron chi connectivity index (χ1n) is 14.6. The molecule has 0 aliphatic rings. The summed E-state index contributed by atoms with van der Waals surface area (Å²) in [5.41, 5.74) is 3.86. The monoisotopic (exact) mass is 590 g/mol. The maximum Gasteiger partial charge on any atom is 0.250 e. The number of benzene rings is 3. The van der Waals surface area contributed by atoms with E-state index in [0.717, 1.165) is 18.6 Å². The van der Waals surface area contributed by atoms with Crippen LogP contribution in [0.2, 0.25) is 0 Å². The number of hydrogen-bond donors (Lipinski definition) is 2. The first-order chi connectivity index (χ1) is 19.9. The van der Waals surface area contributed by atoms with E-state index in [1.807, 2.05) is 0 Å². The van der Waals surface area contributed by atoms with Crippen molar-refractivity contribution in [2.45, 2.75) is 83.4 Å². The molecule has 3 rings (SSSR count). The number of Topliss-reactive ketones (excluding diaryl/α,β-unsaturated/α-hetero) is 1. The molecule has 0 saturated carbocycles. The van der Waals surface area contributed by atoms with Crippen molar-refractivity contribution in [3.05, 3.63) is 89.5 Å². The van der Waals surface area contributed by atoms with E-state index in [-0.39, 0.29) is 23.2 Å². The number of ketones is 1. The van der Waals surface area contributed by atoms with Crippen LogP contribution in [-0.2, 0) is 20.4 Å². The van der Waals surface area contributed by atoms with Crippen LogP contribution in [0.15, 0.2) is 72.8 Å². The van der Waals surface area contributed by atoms with Gasteiger partial charge in [0.1, 0.15) is 5.75 Å². The Morgan fingerprint density at radius 1 is 0.810 bits per heavy atom. The number of rotatable bonds is 14. The van der Waals surface area contributed by atoms with Gasteiger partial charge < -0.3 is 15.4 Å². The summed E-state index contributed by atoms with van der Waals surface area (Å²) in [4.78, 5) is 37.7. The fourth-order valence-corrected chi connectivity index (χ4v) is 4.57. The third-order valence-corrected chi connectivity index (χ3v) is 8.39. The Hall–Kier alpha value is -3.64. The molecule has 0 spiro atoms. The molecule has 1 atom stereocenters. The molecular weight excluding hydrogens is 548 g/mol.